The lowest BCUT2D eigenvalue weighted by Crippen LogP contribution is -2.20. The van der Waals surface area contributed by atoms with Gasteiger partial charge in [0, 0.05) is 16.0 Å². The number of hydrogen-bond acceptors (Lipinski definition) is 4. The highest BCUT2D eigenvalue weighted by atomic mass is 35.5. The summed E-state index contributed by atoms with van der Waals surface area (Å²) < 4.78 is 6.30. The number of ketones is 1. The maximum Gasteiger partial charge on any atom is 0.419 e. The monoisotopic (exact) mass is 342 g/mol. The second-order valence-corrected chi connectivity index (χ2v) is 5.59. The molecule has 0 aliphatic heterocycles. The summed E-state index contributed by atoms with van der Waals surface area (Å²) in [4.78, 5) is 25.3. The van der Waals surface area contributed by atoms with Crippen molar-refractivity contribution in [3.05, 3.63) is 64.8 Å². The van der Waals surface area contributed by atoms with E-state index in [2.05, 4.69) is 0 Å². The van der Waals surface area contributed by atoms with Crippen molar-refractivity contribution in [3.8, 4) is 0 Å². The van der Waals surface area contributed by atoms with Gasteiger partial charge in [0.1, 0.15) is 5.69 Å². The number of aromatic nitrogens is 1. The van der Waals surface area contributed by atoms with Crippen LogP contribution in [0.3, 0.4) is 0 Å². The predicted molar refractivity (Wildman–Crippen MR) is 93.7 cm³/mol. The van der Waals surface area contributed by atoms with Crippen LogP contribution in [0.25, 0.3) is 10.9 Å². The molecule has 0 unspecified atom stereocenters. The topological polar surface area (TPSA) is 74.3 Å². The number of halogens is 1. The highest BCUT2D eigenvalue weighted by Gasteiger charge is 2.26. The number of anilines is 1. The van der Waals surface area contributed by atoms with Gasteiger partial charge >= 0.3 is 6.09 Å². The Hall–Kier alpha value is -2.79. The molecule has 0 radical (unpaired) electrons. The summed E-state index contributed by atoms with van der Waals surface area (Å²) in [6, 6.07) is 13.5. The SMILES string of the molecule is CCOC(=O)n1c(C(=O)c2ccccc2)c(N)c2cc(Cl)ccc21. The highest BCUT2D eigenvalue weighted by Crippen LogP contribution is 2.32. The van der Waals surface area contributed by atoms with E-state index in [-0.39, 0.29) is 23.8 Å². The van der Waals surface area contributed by atoms with Crippen molar-refractivity contribution in [1.29, 1.82) is 0 Å². The summed E-state index contributed by atoms with van der Waals surface area (Å²) in [7, 11) is 0. The molecule has 3 rings (SSSR count). The van der Waals surface area contributed by atoms with Crippen LogP contribution in [0.1, 0.15) is 23.0 Å². The van der Waals surface area contributed by atoms with Gasteiger partial charge in [0.25, 0.3) is 0 Å². The lowest BCUT2D eigenvalue weighted by molar-refractivity contribution is 0.102. The minimum absolute atomic E-state index is 0.0805. The molecular weight excluding hydrogens is 328 g/mol. The first kappa shape index (κ1) is 16.1. The molecule has 122 valence electrons. The second-order valence-electron chi connectivity index (χ2n) is 5.15. The minimum atomic E-state index is -0.652. The van der Waals surface area contributed by atoms with Gasteiger partial charge in [-0.1, -0.05) is 41.9 Å². The van der Waals surface area contributed by atoms with E-state index in [1.807, 2.05) is 0 Å². The van der Waals surface area contributed by atoms with Gasteiger partial charge < -0.3 is 10.5 Å². The third kappa shape index (κ3) is 2.63. The number of carbonyl (C=O) groups is 2. The Morgan fingerprint density at radius 3 is 2.54 bits per heavy atom. The molecule has 6 heteroatoms. The molecule has 1 aromatic heterocycles. The molecule has 2 N–H and O–H groups in total. The molecule has 3 aromatic rings. The fourth-order valence-electron chi connectivity index (χ4n) is 2.62. The first-order chi connectivity index (χ1) is 11.5. The van der Waals surface area contributed by atoms with Crippen LogP contribution < -0.4 is 5.73 Å². The van der Waals surface area contributed by atoms with E-state index < -0.39 is 6.09 Å². The lowest BCUT2D eigenvalue weighted by atomic mass is 10.1. The van der Waals surface area contributed by atoms with Crippen molar-refractivity contribution in [3.63, 3.8) is 0 Å². The minimum Gasteiger partial charge on any atom is -0.449 e. The van der Waals surface area contributed by atoms with E-state index in [1.54, 1.807) is 55.5 Å². The third-order valence-corrected chi connectivity index (χ3v) is 3.90. The van der Waals surface area contributed by atoms with E-state index in [1.165, 1.54) is 4.57 Å². The number of rotatable bonds is 3. The normalized spacial score (nSPS) is 10.8. The summed E-state index contributed by atoms with van der Waals surface area (Å²) in [5, 5.41) is 1.00. The Balaban J connectivity index is 2.29. The number of nitrogens with zero attached hydrogens (tertiary/aromatic N) is 1. The first-order valence-electron chi connectivity index (χ1n) is 7.41. The molecule has 5 nitrogen and oxygen atoms in total. The van der Waals surface area contributed by atoms with Gasteiger partial charge in [-0.25, -0.2) is 9.36 Å². The van der Waals surface area contributed by atoms with Crippen LogP contribution in [0.2, 0.25) is 5.02 Å². The number of carbonyl (C=O) groups excluding carboxylic acids is 2. The lowest BCUT2D eigenvalue weighted by Gasteiger charge is -2.09. The standard InChI is InChI=1S/C18H15ClN2O3/c1-2-24-18(23)21-14-9-8-12(19)10-13(14)15(20)16(21)17(22)11-6-4-3-5-7-11/h3-10H,2,20H2,1H3. The van der Waals surface area contributed by atoms with Crippen molar-refractivity contribution >= 4 is 40.1 Å². The Labute approximate surface area is 143 Å². The molecule has 2 aromatic carbocycles. The zero-order valence-corrected chi connectivity index (χ0v) is 13.7. The molecule has 1 heterocycles. The van der Waals surface area contributed by atoms with E-state index in [0.717, 1.165) is 0 Å². The van der Waals surface area contributed by atoms with Gasteiger partial charge in [-0.05, 0) is 25.1 Å². The van der Waals surface area contributed by atoms with E-state index in [4.69, 9.17) is 22.1 Å². The Kier molecular flexibility index (Phi) is 4.27. The summed E-state index contributed by atoms with van der Waals surface area (Å²) in [5.41, 5.74) is 7.37. The van der Waals surface area contributed by atoms with Crippen LogP contribution in [0, 0.1) is 0 Å². The largest absolute Gasteiger partial charge is 0.449 e. The van der Waals surface area contributed by atoms with Gasteiger partial charge in [-0.15, -0.1) is 0 Å². The Bertz CT molecular complexity index is 932. The van der Waals surface area contributed by atoms with E-state index in [9.17, 15) is 9.59 Å². The predicted octanol–water partition coefficient (Wildman–Crippen LogP) is 4.11. The quantitative estimate of drug-likeness (QED) is 0.727. The van der Waals surface area contributed by atoms with Crippen LogP contribution in [0.15, 0.2) is 48.5 Å². The number of nitrogens with two attached hydrogens (primary N) is 1. The molecule has 0 saturated heterocycles. The second kappa shape index (κ2) is 6.37. The molecule has 0 saturated carbocycles. The van der Waals surface area contributed by atoms with Crippen molar-refractivity contribution in [2.45, 2.75) is 6.92 Å². The van der Waals surface area contributed by atoms with Gasteiger partial charge in [0.05, 0.1) is 17.8 Å². The summed E-state index contributed by atoms with van der Waals surface area (Å²) >= 11 is 6.02. The number of nitrogen functional groups attached to an aromatic ring is 1. The molecule has 0 fully saturated rings. The smallest absolute Gasteiger partial charge is 0.419 e. The highest BCUT2D eigenvalue weighted by molar-refractivity contribution is 6.32. The van der Waals surface area contributed by atoms with Crippen LogP contribution in [0.5, 0.6) is 0 Å². The van der Waals surface area contributed by atoms with Gasteiger partial charge in [0.15, 0.2) is 0 Å². The zero-order chi connectivity index (χ0) is 17.3. The van der Waals surface area contributed by atoms with Crippen LogP contribution in [-0.4, -0.2) is 23.1 Å². The molecule has 0 aliphatic rings. The van der Waals surface area contributed by atoms with Crippen LogP contribution in [-0.2, 0) is 4.74 Å². The summed E-state index contributed by atoms with van der Waals surface area (Å²) in [6.45, 7) is 1.88. The molecule has 0 spiro atoms. The van der Waals surface area contributed by atoms with Crippen molar-refractivity contribution in [2.24, 2.45) is 0 Å². The van der Waals surface area contributed by atoms with E-state index in [0.29, 0.717) is 21.5 Å². The Morgan fingerprint density at radius 1 is 1.17 bits per heavy atom. The van der Waals surface area contributed by atoms with Crippen molar-refractivity contribution in [1.82, 2.24) is 4.57 Å². The van der Waals surface area contributed by atoms with Gasteiger partial charge in [-0.2, -0.15) is 0 Å². The molecule has 0 aliphatic carbocycles. The average molecular weight is 343 g/mol. The number of benzene rings is 2. The fraction of sp³-hybridized carbons (Fsp3) is 0.111. The number of hydrogen-bond donors (Lipinski definition) is 1. The molecule has 0 amide bonds. The molecule has 24 heavy (non-hydrogen) atoms. The number of fused-ring (bicyclic) bond motifs is 1. The van der Waals surface area contributed by atoms with E-state index >= 15 is 0 Å². The Morgan fingerprint density at radius 2 is 1.88 bits per heavy atom. The van der Waals surface area contributed by atoms with Crippen LogP contribution in [0.4, 0.5) is 10.5 Å². The van der Waals surface area contributed by atoms with Crippen molar-refractivity contribution in [2.75, 3.05) is 12.3 Å². The zero-order valence-electron chi connectivity index (χ0n) is 13.0. The maximum atomic E-state index is 12.9. The summed E-state index contributed by atoms with van der Waals surface area (Å²) in [6.07, 6.45) is -0.652. The first-order valence-corrected chi connectivity index (χ1v) is 7.78. The fourth-order valence-corrected chi connectivity index (χ4v) is 2.79. The molecular formula is C18H15ClN2O3. The summed E-state index contributed by atoms with van der Waals surface area (Å²) in [5.74, 6) is -0.353. The number of ether oxygens (including phenoxy) is 1. The van der Waals surface area contributed by atoms with Crippen LogP contribution >= 0.6 is 11.6 Å². The molecule has 0 bridgehead atoms. The van der Waals surface area contributed by atoms with Crippen molar-refractivity contribution < 1.29 is 14.3 Å². The van der Waals surface area contributed by atoms with Gasteiger partial charge in [0.2, 0.25) is 5.78 Å². The third-order valence-electron chi connectivity index (χ3n) is 3.67. The maximum absolute atomic E-state index is 12.9. The average Bonchev–Trinajstić information content (AvgIpc) is 2.88. The molecule has 0 atom stereocenters. The van der Waals surface area contributed by atoms with Gasteiger partial charge in [-0.3, -0.25) is 4.79 Å².